The van der Waals surface area contributed by atoms with Gasteiger partial charge in [0.15, 0.2) is 0 Å². The molecule has 0 saturated carbocycles. The zero-order chi connectivity index (χ0) is 21.2. The summed E-state index contributed by atoms with van der Waals surface area (Å²) in [6.07, 6.45) is -0.630. The van der Waals surface area contributed by atoms with E-state index in [4.69, 9.17) is 10.2 Å². The summed E-state index contributed by atoms with van der Waals surface area (Å²) in [7, 11) is 0. The van der Waals surface area contributed by atoms with Gasteiger partial charge in [-0.1, -0.05) is 0 Å². The minimum Gasteiger partial charge on any atom is -0.508 e. The number of carbonyl (C=O) groups is 4. The van der Waals surface area contributed by atoms with Gasteiger partial charge in [0.05, 0.1) is 17.5 Å². The number of aromatic carboxylic acids is 1. The lowest BCUT2D eigenvalue weighted by molar-refractivity contribution is -0.136. The van der Waals surface area contributed by atoms with Crippen LogP contribution in [0.5, 0.6) is 23.0 Å². The van der Waals surface area contributed by atoms with E-state index in [0.717, 1.165) is 18.2 Å². The Morgan fingerprint density at radius 2 is 1.32 bits per heavy atom. The first kappa shape index (κ1) is 20.0. The van der Waals surface area contributed by atoms with Crippen molar-refractivity contribution < 1.29 is 49.8 Å². The molecule has 0 aromatic heterocycles. The predicted octanol–water partition coefficient (Wildman–Crippen LogP) is 0.405. The number of aliphatic carboxylic acids is 1. The first-order valence-electron chi connectivity index (χ1n) is 7.42. The van der Waals surface area contributed by atoms with Crippen molar-refractivity contribution in [2.75, 3.05) is 0 Å². The van der Waals surface area contributed by atoms with E-state index in [9.17, 15) is 39.6 Å². The zero-order valence-corrected chi connectivity index (χ0v) is 13.8. The molecule has 2 amide bonds. The third-order valence-electron chi connectivity index (χ3n) is 3.58. The standard InChI is InChI=1S/C17H13NO10/c19-7-3-9(14(24)10(4-7)17(27)28)16(26)18-15(25)8-5-11(20)6(1-12(8)21)2-13(22)23/h1,3-5,19-21,24H,2H2,(H,22,23)(H,27,28)(H,18,25,26). The summed E-state index contributed by atoms with van der Waals surface area (Å²) in [4.78, 5) is 46.0. The van der Waals surface area contributed by atoms with Crippen LogP contribution in [0.2, 0.25) is 0 Å². The number of imide groups is 1. The molecule has 0 unspecified atom stereocenters. The van der Waals surface area contributed by atoms with Crippen molar-refractivity contribution in [3.8, 4) is 23.0 Å². The second-order valence-corrected chi connectivity index (χ2v) is 5.55. The Bertz CT molecular complexity index is 1010. The molecule has 0 fully saturated rings. The molecule has 0 bridgehead atoms. The largest absolute Gasteiger partial charge is 0.508 e. The lowest BCUT2D eigenvalue weighted by atomic mass is 10.0. The molecule has 0 saturated heterocycles. The summed E-state index contributed by atoms with van der Waals surface area (Å²) >= 11 is 0. The fourth-order valence-corrected chi connectivity index (χ4v) is 2.30. The molecular formula is C17H13NO10. The Labute approximate surface area is 155 Å². The lowest BCUT2D eigenvalue weighted by Crippen LogP contribution is -2.30. The summed E-state index contributed by atoms with van der Waals surface area (Å²) in [6, 6.07) is 2.98. The second kappa shape index (κ2) is 7.53. The minimum atomic E-state index is -1.63. The molecule has 2 aromatic rings. The third-order valence-corrected chi connectivity index (χ3v) is 3.58. The van der Waals surface area contributed by atoms with Crippen LogP contribution in [0, 0.1) is 0 Å². The van der Waals surface area contributed by atoms with Gasteiger partial charge in [-0.3, -0.25) is 19.7 Å². The number of phenols is 4. The number of amides is 2. The van der Waals surface area contributed by atoms with Crippen molar-refractivity contribution in [2.24, 2.45) is 0 Å². The maximum atomic E-state index is 12.2. The average molecular weight is 391 g/mol. The quantitative estimate of drug-likeness (QED) is 0.276. The van der Waals surface area contributed by atoms with Crippen LogP contribution in [-0.4, -0.2) is 54.4 Å². The molecule has 28 heavy (non-hydrogen) atoms. The number of carboxylic acids is 2. The number of aromatic hydroxyl groups is 4. The van der Waals surface area contributed by atoms with E-state index in [0.29, 0.717) is 6.07 Å². The van der Waals surface area contributed by atoms with Crippen molar-refractivity contribution in [3.05, 3.63) is 46.5 Å². The molecule has 2 rings (SSSR count). The fraction of sp³-hybridized carbons (Fsp3) is 0.0588. The van der Waals surface area contributed by atoms with Crippen LogP contribution < -0.4 is 5.32 Å². The molecule has 0 aliphatic rings. The normalized spacial score (nSPS) is 10.3. The van der Waals surface area contributed by atoms with Gasteiger partial charge in [-0.2, -0.15) is 0 Å². The Hall–Kier alpha value is -4.28. The third kappa shape index (κ3) is 4.09. The highest BCUT2D eigenvalue weighted by Crippen LogP contribution is 2.30. The maximum absolute atomic E-state index is 12.2. The molecule has 0 radical (unpaired) electrons. The van der Waals surface area contributed by atoms with E-state index in [2.05, 4.69) is 0 Å². The monoisotopic (exact) mass is 391 g/mol. The molecule has 11 nitrogen and oxygen atoms in total. The van der Waals surface area contributed by atoms with Gasteiger partial charge in [-0.05, 0) is 24.3 Å². The van der Waals surface area contributed by atoms with Crippen LogP contribution in [-0.2, 0) is 11.2 Å². The Morgan fingerprint density at radius 3 is 1.89 bits per heavy atom. The van der Waals surface area contributed by atoms with E-state index in [1.54, 1.807) is 5.32 Å². The van der Waals surface area contributed by atoms with Crippen LogP contribution in [0.3, 0.4) is 0 Å². The first-order chi connectivity index (χ1) is 13.0. The summed E-state index contributed by atoms with van der Waals surface area (Å²) in [5, 5.41) is 58.4. The molecule has 146 valence electrons. The summed E-state index contributed by atoms with van der Waals surface area (Å²) in [5.74, 6) is -8.47. The van der Waals surface area contributed by atoms with Crippen molar-refractivity contribution in [1.29, 1.82) is 0 Å². The maximum Gasteiger partial charge on any atom is 0.339 e. The number of hydrogen-bond acceptors (Lipinski definition) is 8. The minimum absolute atomic E-state index is 0.176. The number of hydrogen-bond donors (Lipinski definition) is 7. The molecule has 0 aliphatic heterocycles. The van der Waals surface area contributed by atoms with E-state index < -0.39 is 69.9 Å². The molecule has 7 N–H and O–H groups in total. The van der Waals surface area contributed by atoms with Gasteiger partial charge in [0.25, 0.3) is 11.8 Å². The topological polar surface area (TPSA) is 202 Å². The number of benzene rings is 2. The number of nitrogens with one attached hydrogen (secondary N) is 1. The smallest absolute Gasteiger partial charge is 0.339 e. The number of rotatable bonds is 5. The molecule has 0 aliphatic carbocycles. The van der Waals surface area contributed by atoms with Crippen LogP contribution in [0.15, 0.2) is 24.3 Å². The van der Waals surface area contributed by atoms with Crippen LogP contribution in [0.1, 0.15) is 36.6 Å². The Balaban J connectivity index is 2.33. The van der Waals surface area contributed by atoms with Gasteiger partial charge in [-0.25, -0.2) is 4.79 Å². The van der Waals surface area contributed by atoms with E-state index in [1.165, 1.54) is 0 Å². The van der Waals surface area contributed by atoms with Crippen molar-refractivity contribution in [2.45, 2.75) is 6.42 Å². The molecule has 11 heteroatoms. The van der Waals surface area contributed by atoms with Crippen molar-refractivity contribution in [1.82, 2.24) is 5.32 Å². The number of carboxylic acid groups (broad SMARTS) is 2. The van der Waals surface area contributed by atoms with Crippen molar-refractivity contribution in [3.63, 3.8) is 0 Å². The van der Waals surface area contributed by atoms with E-state index in [1.807, 2.05) is 0 Å². The summed E-state index contributed by atoms with van der Waals surface area (Å²) in [5.41, 5.74) is -2.27. The summed E-state index contributed by atoms with van der Waals surface area (Å²) in [6.45, 7) is 0. The molecule has 2 aromatic carbocycles. The van der Waals surface area contributed by atoms with Gasteiger partial charge < -0.3 is 30.6 Å². The fourth-order valence-electron chi connectivity index (χ4n) is 2.30. The summed E-state index contributed by atoms with van der Waals surface area (Å²) < 4.78 is 0. The van der Waals surface area contributed by atoms with Gasteiger partial charge in [0.1, 0.15) is 28.6 Å². The molecule has 0 atom stereocenters. The van der Waals surface area contributed by atoms with Gasteiger partial charge in [0.2, 0.25) is 0 Å². The van der Waals surface area contributed by atoms with Crippen LogP contribution in [0.25, 0.3) is 0 Å². The molecular weight excluding hydrogens is 378 g/mol. The second-order valence-electron chi connectivity index (χ2n) is 5.55. The Morgan fingerprint density at radius 1 is 0.750 bits per heavy atom. The highest BCUT2D eigenvalue weighted by atomic mass is 16.4. The van der Waals surface area contributed by atoms with Crippen LogP contribution in [0.4, 0.5) is 0 Å². The average Bonchev–Trinajstić information content (AvgIpc) is 2.58. The molecule has 0 heterocycles. The lowest BCUT2D eigenvalue weighted by Gasteiger charge is -2.11. The highest BCUT2D eigenvalue weighted by molar-refractivity contribution is 6.13. The van der Waals surface area contributed by atoms with E-state index >= 15 is 0 Å². The number of phenolic OH excluding ortho intramolecular Hbond substituents is 3. The van der Waals surface area contributed by atoms with Crippen LogP contribution >= 0.6 is 0 Å². The highest BCUT2D eigenvalue weighted by Gasteiger charge is 2.24. The van der Waals surface area contributed by atoms with Gasteiger partial charge in [-0.15, -0.1) is 0 Å². The Kier molecular flexibility index (Phi) is 5.39. The first-order valence-corrected chi connectivity index (χ1v) is 7.42. The zero-order valence-electron chi connectivity index (χ0n) is 13.8. The van der Waals surface area contributed by atoms with E-state index in [-0.39, 0.29) is 5.56 Å². The van der Waals surface area contributed by atoms with Crippen molar-refractivity contribution >= 4 is 23.8 Å². The molecule has 0 spiro atoms. The predicted molar refractivity (Wildman–Crippen MR) is 89.6 cm³/mol. The van der Waals surface area contributed by atoms with Gasteiger partial charge in [0, 0.05) is 5.56 Å². The van der Waals surface area contributed by atoms with Gasteiger partial charge >= 0.3 is 11.9 Å². The SMILES string of the molecule is O=C(O)Cc1cc(O)c(C(=O)NC(=O)c2cc(O)cc(C(=O)O)c2O)cc1O. The number of carbonyl (C=O) groups excluding carboxylic acids is 2.